The number of halogens is 1. The number of carbonyl (C=O) groups is 2. The standard InChI is InChI=1S/C16H12BrN3O7/c17-12-8-11(19(23)24)5-6-13(12)18-15(21)9-27-16(22)7-10-3-1-2-4-14(10)20(25)26/h1-6,8H,7,9H2,(H,18,21). The molecule has 2 aromatic carbocycles. The van der Waals surface area contributed by atoms with Crippen molar-refractivity contribution < 1.29 is 24.2 Å². The fourth-order valence-electron chi connectivity index (χ4n) is 2.10. The molecule has 11 heteroatoms. The molecule has 0 saturated carbocycles. The van der Waals surface area contributed by atoms with E-state index >= 15 is 0 Å². The molecule has 0 atom stereocenters. The zero-order valence-electron chi connectivity index (χ0n) is 13.6. The number of nitro groups is 2. The van der Waals surface area contributed by atoms with Gasteiger partial charge in [0.15, 0.2) is 6.61 Å². The third-order valence-corrected chi connectivity index (χ3v) is 3.98. The lowest BCUT2D eigenvalue weighted by Gasteiger charge is -2.08. The second-order valence-electron chi connectivity index (χ2n) is 5.19. The minimum Gasteiger partial charge on any atom is -0.455 e. The van der Waals surface area contributed by atoms with Gasteiger partial charge in [0, 0.05) is 28.2 Å². The van der Waals surface area contributed by atoms with Gasteiger partial charge in [-0.15, -0.1) is 0 Å². The van der Waals surface area contributed by atoms with Crippen LogP contribution in [0.2, 0.25) is 0 Å². The van der Waals surface area contributed by atoms with Crippen LogP contribution in [0.25, 0.3) is 0 Å². The molecule has 0 radical (unpaired) electrons. The van der Waals surface area contributed by atoms with Gasteiger partial charge in [0.1, 0.15) is 0 Å². The van der Waals surface area contributed by atoms with Crippen LogP contribution in [0.4, 0.5) is 17.1 Å². The molecule has 0 heterocycles. The molecule has 0 spiro atoms. The quantitative estimate of drug-likeness (QED) is 0.398. The Hall–Kier alpha value is -3.34. The first kappa shape index (κ1) is 20.0. The van der Waals surface area contributed by atoms with E-state index in [0.29, 0.717) is 0 Å². The second-order valence-corrected chi connectivity index (χ2v) is 6.05. The third kappa shape index (κ3) is 5.57. The molecular weight excluding hydrogens is 426 g/mol. The van der Waals surface area contributed by atoms with E-state index in [1.54, 1.807) is 6.07 Å². The molecule has 0 fully saturated rings. The monoisotopic (exact) mass is 437 g/mol. The molecular formula is C16H12BrN3O7. The van der Waals surface area contributed by atoms with Crippen LogP contribution in [-0.2, 0) is 20.7 Å². The molecule has 2 aromatic rings. The first-order valence-electron chi connectivity index (χ1n) is 7.39. The summed E-state index contributed by atoms with van der Waals surface area (Å²) in [4.78, 5) is 44.1. The molecule has 0 aliphatic carbocycles. The smallest absolute Gasteiger partial charge is 0.311 e. The van der Waals surface area contributed by atoms with Gasteiger partial charge in [0.25, 0.3) is 17.3 Å². The number of carbonyl (C=O) groups excluding carboxylic acids is 2. The Kier molecular flexibility index (Phi) is 6.55. The molecule has 10 nitrogen and oxygen atoms in total. The van der Waals surface area contributed by atoms with Crippen molar-refractivity contribution >= 4 is 44.9 Å². The summed E-state index contributed by atoms with van der Waals surface area (Å²) < 4.78 is 5.11. The number of para-hydroxylation sites is 1. The van der Waals surface area contributed by atoms with Crippen molar-refractivity contribution in [1.82, 2.24) is 0 Å². The zero-order valence-corrected chi connectivity index (χ0v) is 15.2. The van der Waals surface area contributed by atoms with Gasteiger partial charge in [-0.25, -0.2) is 0 Å². The van der Waals surface area contributed by atoms with E-state index in [0.717, 1.165) is 0 Å². The first-order valence-corrected chi connectivity index (χ1v) is 8.19. The van der Waals surface area contributed by atoms with E-state index in [9.17, 15) is 29.8 Å². The Balaban J connectivity index is 1.91. The minimum absolute atomic E-state index is 0.157. The Morgan fingerprint density at radius 3 is 2.41 bits per heavy atom. The lowest BCUT2D eigenvalue weighted by Crippen LogP contribution is -2.22. The largest absolute Gasteiger partial charge is 0.455 e. The van der Waals surface area contributed by atoms with Gasteiger partial charge < -0.3 is 10.1 Å². The van der Waals surface area contributed by atoms with Crippen LogP contribution in [0.1, 0.15) is 5.56 Å². The predicted molar refractivity (Wildman–Crippen MR) is 97.2 cm³/mol. The van der Waals surface area contributed by atoms with Crippen LogP contribution >= 0.6 is 15.9 Å². The minimum atomic E-state index is -0.804. The lowest BCUT2D eigenvalue weighted by molar-refractivity contribution is -0.385. The fraction of sp³-hybridized carbons (Fsp3) is 0.125. The highest BCUT2D eigenvalue weighted by molar-refractivity contribution is 9.10. The summed E-state index contributed by atoms with van der Waals surface area (Å²) in [5.41, 5.74) is 0.0656. The molecule has 0 aliphatic rings. The molecule has 0 aliphatic heterocycles. The molecule has 27 heavy (non-hydrogen) atoms. The van der Waals surface area contributed by atoms with Crippen LogP contribution in [0.15, 0.2) is 46.9 Å². The van der Waals surface area contributed by atoms with Crippen LogP contribution in [0.3, 0.4) is 0 Å². The predicted octanol–water partition coefficient (Wildman–Crippen LogP) is 2.99. The average molecular weight is 438 g/mol. The summed E-state index contributed by atoms with van der Waals surface area (Å²) in [6, 6.07) is 9.47. The molecule has 140 valence electrons. The van der Waals surface area contributed by atoms with E-state index in [1.165, 1.54) is 36.4 Å². The number of esters is 1. The highest BCUT2D eigenvalue weighted by Crippen LogP contribution is 2.27. The fourth-order valence-corrected chi connectivity index (χ4v) is 2.56. The van der Waals surface area contributed by atoms with Crippen LogP contribution < -0.4 is 5.32 Å². The topological polar surface area (TPSA) is 142 Å². The van der Waals surface area contributed by atoms with E-state index in [4.69, 9.17) is 4.74 Å². The van der Waals surface area contributed by atoms with Crippen LogP contribution in [0.5, 0.6) is 0 Å². The van der Waals surface area contributed by atoms with E-state index in [2.05, 4.69) is 21.2 Å². The molecule has 1 amide bonds. The van der Waals surface area contributed by atoms with Crippen molar-refractivity contribution in [2.24, 2.45) is 0 Å². The van der Waals surface area contributed by atoms with Gasteiger partial charge in [0.05, 0.1) is 22.0 Å². The number of nitrogens with one attached hydrogen (secondary N) is 1. The van der Waals surface area contributed by atoms with Crippen LogP contribution in [-0.4, -0.2) is 28.3 Å². The van der Waals surface area contributed by atoms with Crippen molar-refractivity contribution in [1.29, 1.82) is 0 Å². The molecule has 0 bridgehead atoms. The highest BCUT2D eigenvalue weighted by atomic mass is 79.9. The zero-order chi connectivity index (χ0) is 20.0. The SMILES string of the molecule is O=C(COC(=O)Cc1ccccc1[N+](=O)[O-])Nc1ccc([N+](=O)[O-])cc1Br. The number of non-ortho nitro benzene ring substituents is 1. The van der Waals surface area contributed by atoms with Crippen LogP contribution in [0, 0.1) is 20.2 Å². The molecule has 0 saturated heterocycles. The van der Waals surface area contributed by atoms with Crippen molar-refractivity contribution in [3.05, 3.63) is 72.7 Å². The highest BCUT2D eigenvalue weighted by Gasteiger charge is 2.17. The Morgan fingerprint density at radius 2 is 1.78 bits per heavy atom. The van der Waals surface area contributed by atoms with Crippen molar-refractivity contribution in [2.45, 2.75) is 6.42 Å². The molecule has 2 rings (SSSR count). The number of nitro benzene ring substituents is 2. The Bertz CT molecular complexity index is 917. The number of benzene rings is 2. The third-order valence-electron chi connectivity index (χ3n) is 3.32. The summed E-state index contributed by atoms with van der Waals surface area (Å²) in [6.07, 6.45) is -0.355. The number of hydrogen-bond donors (Lipinski definition) is 1. The number of amides is 1. The van der Waals surface area contributed by atoms with Gasteiger partial charge in [-0.3, -0.25) is 29.8 Å². The van der Waals surface area contributed by atoms with Crippen molar-refractivity contribution in [3.63, 3.8) is 0 Å². The van der Waals surface area contributed by atoms with Gasteiger partial charge in [-0.1, -0.05) is 18.2 Å². The first-order chi connectivity index (χ1) is 12.8. The average Bonchev–Trinajstić information content (AvgIpc) is 2.61. The lowest BCUT2D eigenvalue weighted by atomic mass is 10.1. The Labute approximate surface area is 160 Å². The van der Waals surface area contributed by atoms with E-state index < -0.39 is 28.3 Å². The number of anilines is 1. The van der Waals surface area contributed by atoms with Gasteiger partial charge in [0.2, 0.25) is 0 Å². The maximum Gasteiger partial charge on any atom is 0.311 e. The van der Waals surface area contributed by atoms with Gasteiger partial charge in [-0.2, -0.15) is 0 Å². The van der Waals surface area contributed by atoms with E-state index in [1.807, 2.05) is 0 Å². The number of ether oxygens (including phenoxy) is 1. The summed E-state index contributed by atoms with van der Waals surface area (Å²) in [5, 5.41) is 24.0. The number of nitrogens with zero attached hydrogens (tertiary/aromatic N) is 2. The molecule has 0 unspecified atom stereocenters. The molecule has 1 N–H and O–H groups in total. The second kappa shape index (κ2) is 8.85. The summed E-state index contributed by atoms with van der Waals surface area (Å²) >= 11 is 3.10. The normalized spacial score (nSPS) is 10.1. The maximum absolute atomic E-state index is 11.9. The summed E-state index contributed by atoms with van der Waals surface area (Å²) in [6.45, 7) is -0.608. The van der Waals surface area contributed by atoms with Crippen molar-refractivity contribution in [2.75, 3.05) is 11.9 Å². The number of rotatable bonds is 7. The maximum atomic E-state index is 11.9. The molecule has 0 aromatic heterocycles. The van der Waals surface area contributed by atoms with Gasteiger partial charge in [-0.05, 0) is 22.0 Å². The van der Waals surface area contributed by atoms with Crippen molar-refractivity contribution in [3.8, 4) is 0 Å². The summed E-state index contributed by atoms with van der Waals surface area (Å²) in [5.74, 6) is -1.47. The number of hydrogen-bond acceptors (Lipinski definition) is 7. The summed E-state index contributed by atoms with van der Waals surface area (Å²) in [7, 11) is 0. The van der Waals surface area contributed by atoms with E-state index in [-0.39, 0.29) is 33.5 Å². The Morgan fingerprint density at radius 1 is 1.07 bits per heavy atom. The van der Waals surface area contributed by atoms with Gasteiger partial charge >= 0.3 is 5.97 Å².